The summed E-state index contributed by atoms with van der Waals surface area (Å²) in [6.07, 6.45) is -6.33. The quantitative estimate of drug-likeness (QED) is 0.414. The molecule has 2 aliphatic rings. The fraction of sp³-hybridized carbons (Fsp3) is 0.524. The Hall–Kier alpha value is -3.54. The Morgan fingerprint density at radius 3 is 2.06 bits per heavy atom. The fourth-order valence-corrected chi connectivity index (χ4v) is 3.37. The van der Waals surface area contributed by atoms with Crippen LogP contribution in [0.3, 0.4) is 0 Å². The Labute approximate surface area is 188 Å². The van der Waals surface area contributed by atoms with Gasteiger partial charge in [-0.3, -0.25) is 19.2 Å². The standard InChI is InChI=1S/C21H24O12/c1-10(22)26-8-17-18(29-11(2)23)19(30-12(3)24)20(31-13(4)25)21(33-17)32-14-5-6-15-16(7-14)28-9-27-15/h5-7,17-21H,8-9H2,1-4H3/t17-,18-,19+,20-,21-/m1/s1. The lowest BCUT2D eigenvalue weighted by Gasteiger charge is -2.43. The van der Waals surface area contributed by atoms with E-state index in [2.05, 4.69) is 0 Å². The highest BCUT2D eigenvalue weighted by molar-refractivity contribution is 5.68. The van der Waals surface area contributed by atoms with Crippen molar-refractivity contribution in [3.63, 3.8) is 0 Å². The summed E-state index contributed by atoms with van der Waals surface area (Å²) >= 11 is 0. The van der Waals surface area contributed by atoms with Gasteiger partial charge in [-0.05, 0) is 12.1 Å². The molecule has 12 heteroatoms. The Morgan fingerprint density at radius 1 is 0.818 bits per heavy atom. The van der Waals surface area contributed by atoms with Gasteiger partial charge in [-0.25, -0.2) is 0 Å². The number of esters is 4. The second-order valence-electron chi connectivity index (χ2n) is 7.20. The first kappa shape index (κ1) is 24.1. The van der Waals surface area contributed by atoms with Crippen LogP contribution in [0.5, 0.6) is 17.2 Å². The van der Waals surface area contributed by atoms with E-state index in [0.29, 0.717) is 11.5 Å². The molecule has 2 aliphatic heterocycles. The van der Waals surface area contributed by atoms with Crippen LogP contribution in [-0.2, 0) is 42.9 Å². The van der Waals surface area contributed by atoms with Gasteiger partial charge < -0.3 is 37.9 Å². The SMILES string of the molecule is CC(=O)OC[C@H]1O[C@@H](Oc2ccc3c(c2)OCO3)[C@H](OC(C)=O)[C@@H](OC(C)=O)[C@@H]1OC(C)=O. The van der Waals surface area contributed by atoms with Crippen LogP contribution >= 0.6 is 0 Å². The molecule has 0 amide bonds. The topological polar surface area (TPSA) is 142 Å². The van der Waals surface area contributed by atoms with Crippen molar-refractivity contribution in [1.82, 2.24) is 0 Å². The second-order valence-corrected chi connectivity index (χ2v) is 7.20. The van der Waals surface area contributed by atoms with Gasteiger partial charge in [0.05, 0.1) is 0 Å². The third kappa shape index (κ3) is 6.25. The Kier molecular flexibility index (Phi) is 7.59. The number of fused-ring (bicyclic) bond motifs is 1. The maximum Gasteiger partial charge on any atom is 0.303 e. The van der Waals surface area contributed by atoms with Crippen molar-refractivity contribution < 1.29 is 57.1 Å². The maximum atomic E-state index is 11.8. The molecule has 3 rings (SSSR count). The van der Waals surface area contributed by atoms with E-state index in [-0.39, 0.29) is 19.1 Å². The van der Waals surface area contributed by atoms with Crippen molar-refractivity contribution in [2.24, 2.45) is 0 Å². The van der Waals surface area contributed by atoms with E-state index in [9.17, 15) is 19.2 Å². The van der Waals surface area contributed by atoms with E-state index in [1.807, 2.05) is 0 Å². The number of hydrogen-bond donors (Lipinski definition) is 0. The first-order valence-electron chi connectivity index (χ1n) is 10.0. The Bertz CT molecular complexity index is 913. The van der Waals surface area contributed by atoms with Gasteiger partial charge in [0.1, 0.15) is 18.5 Å². The lowest BCUT2D eigenvalue weighted by Crippen LogP contribution is -2.63. The van der Waals surface area contributed by atoms with Gasteiger partial charge in [-0.1, -0.05) is 0 Å². The van der Waals surface area contributed by atoms with Gasteiger partial charge in [0.15, 0.2) is 23.7 Å². The van der Waals surface area contributed by atoms with Gasteiger partial charge in [-0.15, -0.1) is 0 Å². The average Bonchev–Trinajstić information content (AvgIpc) is 3.18. The molecular formula is C21H24O12. The van der Waals surface area contributed by atoms with Gasteiger partial charge >= 0.3 is 23.9 Å². The predicted molar refractivity (Wildman–Crippen MR) is 105 cm³/mol. The van der Waals surface area contributed by atoms with Crippen molar-refractivity contribution in [2.45, 2.75) is 58.4 Å². The van der Waals surface area contributed by atoms with Crippen molar-refractivity contribution in [3.05, 3.63) is 18.2 Å². The van der Waals surface area contributed by atoms with Crippen LogP contribution in [0.1, 0.15) is 27.7 Å². The number of hydrogen-bond acceptors (Lipinski definition) is 12. The molecular weight excluding hydrogens is 444 g/mol. The highest BCUT2D eigenvalue weighted by atomic mass is 16.7. The van der Waals surface area contributed by atoms with Crippen LogP contribution in [-0.4, -0.2) is 68.0 Å². The van der Waals surface area contributed by atoms with Crippen LogP contribution in [0.2, 0.25) is 0 Å². The summed E-state index contributed by atoms with van der Waals surface area (Å²) < 4.78 is 43.4. The summed E-state index contributed by atoms with van der Waals surface area (Å²) in [5.41, 5.74) is 0. The maximum absolute atomic E-state index is 11.8. The van der Waals surface area contributed by atoms with Gasteiger partial charge in [-0.2, -0.15) is 0 Å². The van der Waals surface area contributed by atoms with Crippen molar-refractivity contribution in [2.75, 3.05) is 13.4 Å². The highest BCUT2D eigenvalue weighted by Gasteiger charge is 2.53. The zero-order valence-corrected chi connectivity index (χ0v) is 18.4. The summed E-state index contributed by atoms with van der Waals surface area (Å²) in [6, 6.07) is 4.72. The summed E-state index contributed by atoms with van der Waals surface area (Å²) in [6.45, 7) is 4.32. The van der Waals surface area contributed by atoms with Crippen molar-refractivity contribution in [3.8, 4) is 17.2 Å². The van der Waals surface area contributed by atoms with Crippen LogP contribution < -0.4 is 14.2 Å². The monoisotopic (exact) mass is 468 g/mol. The number of rotatable bonds is 7. The first-order chi connectivity index (χ1) is 15.6. The minimum atomic E-state index is -1.33. The molecule has 1 saturated heterocycles. The van der Waals surface area contributed by atoms with Crippen LogP contribution in [0.4, 0.5) is 0 Å². The molecule has 0 aliphatic carbocycles. The van der Waals surface area contributed by atoms with E-state index < -0.39 is 54.6 Å². The van der Waals surface area contributed by atoms with E-state index in [1.165, 1.54) is 13.0 Å². The van der Waals surface area contributed by atoms with Crippen molar-refractivity contribution in [1.29, 1.82) is 0 Å². The molecule has 12 nitrogen and oxygen atoms in total. The molecule has 5 atom stereocenters. The molecule has 1 aromatic rings. The molecule has 0 N–H and O–H groups in total. The zero-order chi connectivity index (χ0) is 24.1. The largest absolute Gasteiger partial charge is 0.463 e. The molecule has 1 fully saturated rings. The van der Waals surface area contributed by atoms with E-state index in [0.717, 1.165) is 20.8 Å². The molecule has 0 bridgehead atoms. The smallest absolute Gasteiger partial charge is 0.303 e. The third-order valence-electron chi connectivity index (χ3n) is 4.54. The molecule has 33 heavy (non-hydrogen) atoms. The third-order valence-corrected chi connectivity index (χ3v) is 4.54. The highest BCUT2D eigenvalue weighted by Crippen LogP contribution is 2.37. The minimum absolute atomic E-state index is 0.0534. The molecule has 180 valence electrons. The lowest BCUT2D eigenvalue weighted by atomic mass is 9.98. The van der Waals surface area contributed by atoms with Gasteiger partial charge in [0, 0.05) is 33.8 Å². The van der Waals surface area contributed by atoms with Gasteiger partial charge in [0.25, 0.3) is 0 Å². The summed E-state index contributed by atoms with van der Waals surface area (Å²) in [5, 5.41) is 0. The zero-order valence-electron chi connectivity index (χ0n) is 18.4. The van der Waals surface area contributed by atoms with E-state index >= 15 is 0 Å². The number of benzene rings is 1. The summed E-state index contributed by atoms with van der Waals surface area (Å²) in [7, 11) is 0. The average molecular weight is 468 g/mol. The molecule has 0 spiro atoms. The Morgan fingerprint density at radius 2 is 1.42 bits per heavy atom. The van der Waals surface area contributed by atoms with E-state index in [1.54, 1.807) is 12.1 Å². The minimum Gasteiger partial charge on any atom is -0.463 e. The van der Waals surface area contributed by atoms with Crippen LogP contribution in [0, 0.1) is 0 Å². The van der Waals surface area contributed by atoms with E-state index in [4.69, 9.17) is 37.9 Å². The van der Waals surface area contributed by atoms with Crippen LogP contribution in [0.25, 0.3) is 0 Å². The molecule has 1 aromatic carbocycles. The number of ether oxygens (including phenoxy) is 8. The molecule has 0 saturated carbocycles. The van der Waals surface area contributed by atoms with Crippen molar-refractivity contribution >= 4 is 23.9 Å². The lowest BCUT2D eigenvalue weighted by molar-refractivity contribution is -0.288. The molecule has 0 unspecified atom stereocenters. The molecule has 2 heterocycles. The number of carbonyl (C=O) groups excluding carboxylic acids is 4. The Balaban J connectivity index is 1.95. The molecule has 0 aromatic heterocycles. The van der Waals surface area contributed by atoms with Crippen LogP contribution in [0.15, 0.2) is 18.2 Å². The predicted octanol–water partition coefficient (Wildman–Crippen LogP) is 0.877. The summed E-state index contributed by atoms with van der Waals surface area (Å²) in [5.74, 6) is -1.57. The van der Waals surface area contributed by atoms with Gasteiger partial charge in [0.2, 0.25) is 19.2 Å². The first-order valence-corrected chi connectivity index (χ1v) is 10.0. The number of carbonyl (C=O) groups is 4. The normalized spacial score (nSPS) is 25.5. The fourth-order valence-electron chi connectivity index (χ4n) is 3.37. The summed E-state index contributed by atoms with van der Waals surface area (Å²) in [4.78, 5) is 46.8. The second kappa shape index (κ2) is 10.4. The molecule has 0 radical (unpaired) electrons.